The lowest BCUT2D eigenvalue weighted by Gasteiger charge is -2.22. The number of nitrogens with zero attached hydrogens (tertiary/aromatic N) is 4. The Morgan fingerprint density at radius 3 is 2.61 bits per heavy atom. The summed E-state index contributed by atoms with van der Waals surface area (Å²) in [6, 6.07) is 8.11. The first-order chi connectivity index (χ1) is 14.9. The molecule has 2 fully saturated rings. The number of rotatable bonds is 7. The molecule has 2 aliphatic heterocycles. The van der Waals surface area contributed by atoms with Gasteiger partial charge in [0, 0.05) is 32.5 Å². The van der Waals surface area contributed by atoms with E-state index >= 15 is 0 Å². The first-order valence-corrected chi connectivity index (χ1v) is 11.6. The molecule has 1 aromatic carbocycles. The molecular weight excluding hydrogens is 412 g/mol. The summed E-state index contributed by atoms with van der Waals surface area (Å²) < 4.78 is 6.22. The van der Waals surface area contributed by atoms with Gasteiger partial charge in [0.15, 0.2) is 5.82 Å². The van der Waals surface area contributed by atoms with E-state index in [0.29, 0.717) is 17.4 Å². The lowest BCUT2D eigenvalue weighted by Crippen LogP contribution is -2.27. The van der Waals surface area contributed by atoms with Crippen LogP contribution in [0.2, 0.25) is 5.02 Å². The molecule has 31 heavy (non-hydrogen) atoms. The van der Waals surface area contributed by atoms with Crippen molar-refractivity contribution in [3.05, 3.63) is 41.0 Å². The van der Waals surface area contributed by atoms with Crippen LogP contribution in [0.3, 0.4) is 0 Å². The molecule has 0 spiro atoms. The van der Waals surface area contributed by atoms with Gasteiger partial charge in [-0.05, 0) is 42.9 Å². The van der Waals surface area contributed by atoms with E-state index < -0.39 is 0 Å². The Morgan fingerprint density at radius 1 is 1.19 bits per heavy atom. The van der Waals surface area contributed by atoms with Crippen molar-refractivity contribution in [2.24, 2.45) is 5.92 Å². The standard InChI is InChI=1S/C24H31ClN4O2/c1-16-8-10-29(14-16)24-26-13-22(25)23(27-24)28-11-9-21(15-28)31-20-6-4-19(5-7-20)17(2)12-18(3)30/h4-7,13,16-17,21H,8-12,14-15H2,1-3H3/t16?,17-,21-/m1/s1. The zero-order chi connectivity index (χ0) is 22.0. The Hall–Kier alpha value is -2.34. The number of Topliss-reactive ketones (excluding diaryl/α,β-unsaturated/α-hetero) is 1. The average molecular weight is 443 g/mol. The van der Waals surface area contributed by atoms with Gasteiger partial charge >= 0.3 is 0 Å². The maximum absolute atomic E-state index is 11.4. The van der Waals surface area contributed by atoms with Crippen LogP contribution >= 0.6 is 11.6 Å². The third kappa shape index (κ3) is 5.29. The minimum absolute atomic E-state index is 0.0850. The first kappa shape index (κ1) is 21.9. The van der Waals surface area contributed by atoms with E-state index in [0.717, 1.165) is 55.7 Å². The summed E-state index contributed by atoms with van der Waals surface area (Å²) in [5.74, 6) is 3.52. The fourth-order valence-electron chi connectivity index (χ4n) is 4.47. The van der Waals surface area contributed by atoms with Gasteiger partial charge in [-0.25, -0.2) is 4.98 Å². The van der Waals surface area contributed by atoms with Crippen LogP contribution in [0, 0.1) is 5.92 Å². The van der Waals surface area contributed by atoms with Gasteiger partial charge in [0.05, 0.1) is 12.7 Å². The maximum atomic E-state index is 11.4. The Kier molecular flexibility index (Phi) is 6.65. The minimum Gasteiger partial charge on any atom is -0.489 e. The van der Waals surface area contributed by atoms with Gasteiger partial charge in [-0.1, -0.05) is 37.6 Å². The highest BCUT2D eigenvalue weighted by atomic mass is 35.5. The fourth-order valence-corrected chi connectivity index (χ4v) is 4.68. The predicted molar refractivity (Wildman–Crippen MR) is 124 cm³/mol. The van der Waals surface area contributed by atoms with Crippen LogP contribution in [0.4, 0.5) is 11.8 Å². The number of ketones is 1. The summed E-state index contributed by atoms with van der Waals surface area (Å²) in [6.45, 7) is 9.56. The Balaban J connectivity index is 1.38. The summed E-state index contributed by atoms with van der Waals surface area (Å²) in [6.07, 6.45) is 4.46. The monoisotopic (exact) mass is 442 g/mol. The molecule has 3 heterocycles. The van der Waals surface area contributed by atoms with E-state index in [1.165, 1.54) is 6.42 Å². The fraction of sp³-hybridized carbons (Fsp3) is 0.542. The molecule has 6 nitrogen and oxygen atoms in total. The lowest BCUT2D eigenvalue weighted by molar-refractivity contribution is -0.117. The van der Waals surface area contributed by atoms with E-state index in [-0.39, 0.29) is 17.8 Å². The summed E-state index contributed by atoms with van der Waals surface area (Å²) in [7, 11) is 0. The predicted octanol–water partition coefficient (Wildman–Crippen LogP) is 4.72. The summed E-state index contributed by atoms with van der Waals surface area (Å²) in [5, 5.41) is 0.584. The zero-order valence-corrected chi connectivity index (χ0v) is 19.3. The zero-order valence-electron chi connectivity index (χ0n) is 18.6. The van der Waals surface area contributed by atoms with Crippen molar-refractivity contribution in [1.82, 2.24) is 9.97 Å². The average Bonchev–Trinajstić information content (AvgIpc) is 3.37. The molecule has 0 amide bonds. The van der Waals surface area contributed by atoms with Crippen LogP contribution in [-0.4, -0.2) is 48.0 Å². The molecule has 1 unspecified atom stereocenters. The van der Waals surface area contributed by atoms with Gasteiger partial charge in [0.25, 0.3) is 0 Å². The highest BCUT2D eigenvalue weighted by molar-refractivity contribution is 6.32. The SMILES string of the molecule is CC(=O)C[C@@H](C)c1ccc(O[C@@H]2CCN(c3nc(N4CCC(C)C4)ncc3Cl)C2)cc1. The van der Waals surface area contributed by atoms with Gasteiger partial charge in [-0.2, -0.15) is 4.98 Å². The third-order valence-corrected chi connectivity index (χ3v) is 6.48. The van der Waals surface area contributed by atoms with Gasteiger partial charge in [0.1, 0.15) is 22.7 Å². The second kappa shape index (κ2) is 9.43. The van der Waals surface area contributed by atoms with Crippen LogP contribution in [0.5, 0.6) is 5.75 Å². The molecule has 7 heteroatoms. The lowest BCUT2D eigenvalue weighted by atomic mass is 9.96. The van der Waals surface area contributed by atoms with Crippen LogP contribution in [0.1, 0.15) is 51.5 Å². The normalized spacial score (nSPS) is 22.1. The number of anilines is 2. The van der Waals surface area contributed by atoms with Crippen molar-refractivity contribution >= 4 is 29.2 Å². The molecule has 2 aliphatic rings. The minimum atomic E-state index is 0.0850. The molecule has 2 saturated heterocycles. The number of halogens is 1. The largest absolute Gasteiger partial charge is 0.489 e. The van der Waals surface area contributed by atoms with Crippen molar-refractivity contribution in [3.8, 4) is 5.75 Å². The molecule has 0 aliphatic carbocycles. The molecule has 166 valence electrons. The quantitative estimate of drug-likeness (QED) is 0.618. The van der Waals surface area contributed by atoms with E-state index in [1.807, 2.05) is 12.1 Å². The van der Waals surface area contributed by atoms with Crippen molar-refractivity contribution in [2.75, 3.05) is 36.0 Å². The molecule has 1 aromatic heterocycles. The van der Waals surface area contributed by atoms with E-state index in [1.54, 1.807) is 13.1 Å². The number of carbonyl (C=O) groups excluding carboxylic acids is 1. The summed E-state index contributed by atoms with van der Waals surface area (Å²) in [4.78, 5) is 25.0. The van der Waals surface area contributed by atoms with Crippen molar-refractivity contribution in [3.63, 3.8) is 0 Å². The number of aromatic nitrogens is 2. The molecule has 0 bridgehead atoms. The van der Waals surface area contributed by atoms with Crippen LogP contribution in [-0.2, 0) is 4.79 Å². The van der Waals surface area contributed by atoms with Gasteiger partial charge in [-0.15, -0.1) is 0 Å². The number of ether oxygens (including phenoxy) is 1. The molecule has 0 saturated carbocycles. The van der Waals surface area contributed by atoms with Gasteiger partial charge in [-0.3, -0.25) is 0 Å². The first-order valence-electron chi connectivity index (χ1n) is 11.2. The third-order valence-electron chi connectivity index (χ3n) is 6.21. The second-order valence-electron chi connectivity index (χ2n) is 9.03. The highest BCUT2D eigenvalue weighted by Crippen LogP contribution is 2.31. The molecule has 0 N–H and O–H groups in total. The van der Waals surface area contributed by atoms with Crippen molar-refractivity contribution < 1.29 is 9.53 Å². The number of carbonyl (C=O) groups is 1. The van der Waals surface area contributed by atoms with Crippen LogP contribution in [0.25, 0.3) is 0 Å². The maximum Gasteiger partial charge on any atom is 0.227 e. The Labute approximate surface area is 189 Å². The Morgan fingerprint density at radius 2 is 1.94 bits per heavy atom. The smallest absolute Gasteiger partial charge is 0.227 e. The summed E-state index contributed by atoms with van der Waals surface area (Å²) in [5.41, 5.74) is 1.16. The van der Waals surface area contributed by atoms with E-state index in [9.17, 15) is 4.79 Å². The number of benzene rings is 1. The Bertz CT molecular complexity index is 920. The molecule has 3 atom stereocenters. The number of hydrogen-bond acceptors (Lipinski definition) is 6. The molecule has 2 aromatic rings. The van der Waals surface area contributed by atoms with Gasteiger partial charge < -0.3 is 19.3 Å². The highest BCUT2D eigenvalue weighted by Gasteiger charge is 2.28. The van der Waals surface area contributed by atoms with E-state index in [2.05, 4.69) is 40.8 Å². The van der Waals surface area contributed by atoms with Crippen molar-refractivity contribution in [2.45, 2.75) is 52.1 Å². The van der Waals surface area contributed by atoms with Crippen LogP contribution in [0.15, 0.2) is 30.5 Å². The summed E-state index contributed by atoms with van der Waals surface area (Å²) >= 11 is 6.45. The molecule has 4 rings (SSSR count). The molecular formula is C24H31ClN4O2. The van der Waals surface area contributed by atoms with E-state index in [4.69, 9.17) is 21.3 Å². The molecule has 0 radical (unpaired) electrons. The number of hydrogen-bond donors (Lipinski definition) is 0. The van der Waals surface area contributed by atoms with Crippen LogP contribution < -0.4 is 14.5 Å². The second-order valence-corrected chi connectivity index (χ2v) is 9.44. The van der Waals surface area contributed by atoms with Crippen molar-refractivity contribution in [1.29, 1.82) is 0 Å². The van der Waals surface area contributed by atoms with Gasteiger partial charge in [0.2, 0.25) is 5.95 Å². The topological polar surface area (TPSA) is 58.6 Å².